The number of aliphatic hydroxyl groups excluding tert-OH is 1. The third-order valence-electron chi connectivity index (χ3n) is 1.39. The molecule has 8 heavy (non-hydrogen) atoms. The SMILES string of the molecule is O=[N+]([O-])[C@H]1C[C@H]1CO. The van der Waals surface area contributed by atoms with Crippen molar-refractivity contribution in [3.8, 4) is 0 Å². The third-order valence-corrected chi connectivity index (χ3v) is 1.39. The van der Waals surface area contributed by atoms with Crippen LogP contribution in [0.25, 0.3) is 0 Å². The lowest BCUT2D eigenvalue weighted by Gasteiger charge is -1.84. The maximum absolute atomic E-state index is 9.83. The molecule has 0 unspecified atom stereocenters. The Hall–Kier alpha value is -0.640. The summed E-state index contributed by atoms with van der Waals surface area (Å²) in [4.78, 5) is 9.49. The molecular weight excluding hydrogens is 110 g/mol. The minimum atomic E-state index is -0.444. The largest absolute Gasteiger partial charge is 0.396 e. The number of rotatable bonds is 2. The van der Waals surface area contributed by atoms with Crippen LogP contribution >= 0.6 is 0 Å². The van der Waals surface area contributed by atoms with Crippen molar-refractivity contribution in [2.75, 3.05) is 6.61 Å². The van der Waals surface area contributed by atoms with Crippen molar-refractivity contribution in [1.29, 1.82) is 0 Å². The van der Waals surface area contributed by atoms with E-state index in [2.05, 4.69) is 0 Å². The van der Waals surface area contributed by atoms with Crippen molar-refractivity contribution in [3.63, 3.8) is 0 Å². The number of hydrogen-bond donors (Lipinski definition) is 1. The van der Waals surface area contributed by atoms with Crippen molar-refractivity contribution < 1.29 is 10.0 Å². The third kappa shape index (κ3) is 0.790. The average Bonchev–Trinajstić information content (AvgIpc) is 2.42. The first kappa shape index (κ1) is 5.50. The van der Waals surface area contributed by atoms with Crippen molar-refractivity contribution >= 4 is 0 Å². The molecule has 1 fully saturated rings. The minimum Gasteiger partial charge on any atom is -0.396 e. The van der Waals surface area contributed by atoms with Crippen molar-refractivity contribution in [1.82, 2.24) is 0 Å². The van der Waals surface area contributed by atoms with E-state index in [9.17, 15) is 10.1 Å². The average molecular weight is 117 g/mol. The first-order chi connectivity index (χ1) is 3.75. The summed E-state index contributed by atoms with van der Waals surface area (Å²) >= 11 is 0. The first-order valence-electron chi connectivity index (χ1n) is 2.50. The van der Waals surface area contributed by atoms with Gasteiger partial charge in [0.05, 0.1) is 12.5 Å². The highest BCUT2D eigenvalue weighted by molar-refractivity contribution is 4.85. The van der Waals surface area contributed by atoms with E-state index in [1.165, 1.54) is 0 Å². The van der Waals surface area contributed by atoms with Gasteiger partial charge in [-0.05, 0) is 0 Å². The molecule has 2 atom stereocenters. The molecule has 4 heteroatoms. The molecular formula is C4H7NO3. The summed E-state index contributed by atoms with van der Waals surface area (Å²) in [5.74, 6) is -0.0509. The molecule has 0 amide bonds. The predicted molar refractivity (Wildman–Crippen MR) is 26.0 cm³/mol. The lowest BCUT2D eigenvalue weighted by atomic mass is 10.4. The van der Waals surface area contributed by atoms with E-state index in [1.54, 1.807) is 0 Å². The molecule has 1 saturated carbocycles. The molecule has 0 saturated heterocycles. The zero-order valence-corrected chi connectivity index (χ0v) is 4.28. The molecule has 1 rings (SSSR count). The van der Waals surface area contributed by atoms with Crippen molar-refractivity contribution in [2.45, 2.75) is 12.5 Å². The Morgan fingerprint density at radius 1 is 1.88 bits per heavy atom. The summed E-state index contributed by atoms with van der Waals surface area (Å²) in [6.07, 6.45) is 0.559. The molecule has 0 radical (unpaired) electrons. The van der Waals surface area contributed by atoms with Gasteiger partial charge < -0.3 is 5.11 Å². The van der Waals surface area contributed by atoms with Crippen LogP contribution in [0.3, 0.4) is 0 Å². The fourth-order valence-electron chi connectivity index (χ4n) is 0.686. The van der Waals surface area contributed by atoms with Gasteiger partial charge >= 0.3 is 0 Å². The van der Waals surface area contributed by atoms with Crippen molar-refractivity contribution in [2.24, 2.45) is 5.92 Å². The minimum absolute atomic E-state index is 0.0361. The Labute approximate surface area is 46.3 Å². The highest BCUT2D eigenvalue weighted by Crippen LogP contribution is 2.31. The summed E-state index contributed by atoms with van der Waals surface area (Å²) in [6.45, 7) is -0.0361. The molecule has 4 nitrogen and oxygen atoms in total. The van der Waals surface area contributed by atoms with Gasteiger partial charge in [0, 0.05) is 11.3 Å². The van der Waals surface area contributed by atoms with Crippen molar-refractivity contribution in [3.05, 3.63) is 10.1 Å². The van der Waals surface area contributed by atoms with Gasteiger partial charge in [0.2, 0.25) is 6.04 Å². The molecule has 0 heterocycles. The second-order valence-corrected chi connectivity index (χ2v) is 2.03. The molecule has 0 bridgehead atoms. The maximum Gasteiger partial charge on any atom is 0.219 e. The maximum atomic E-state index is 9.83. The van der Waals surface area contributed by atoms with Crippen LogP contribution < -0.4 is 0 Å². The highest BCUT2D eigenvalue weighted by atomic mass is 16.6. The normalized spacial score (nSPS) is 34.6. The van der Waals surface area contributed by atoms with Gasteiger partial charge in [-0.3, -0.25) is 10.1 Å². The Kier molecular flexibility index (Phi) is 1.17. The lowest BCUT2D eigenvalue weighted by molar-refractivity contribution is -0.498. The Balaban J connectivity index is 2.26. The topological polar surface area (TPSA) is 63.4 Å². The summed E-state index contributed by atoms with van der Waals surface area (Å²) in [5, 5.41) is 18.1. The lowest BCUT2D eigenvalue weighted by Crippen LogP contribution is -2.04. The van der Waals surface area contributed by atoms with E-state index in [1.807, 2.05) is 0 Å². The number of hydrogen-bond acceptors (Lipinski definition) is 3. The Bertz CT molecular complexity index is 114. The van der Waals surface area contributed by atoms with Crippen LogP contribution in [0.4, 0.5) is 0 Å². The van der Waals surface area contributed by atoms with E-state index in [0.29, 0.717) is 6.42 Å². The van der Waals surface area contributed by atoms with Gasteiger partial charge in [0.1, 0.15) is 0 Å². The van der Waals surface area contributed by atoms with Gasteiger partial charge in [0.25, 0.3) is 0 Å². The number of aliphatic hydroxyl groups is 1. The van der Waals surface area contributed by atoms with Crippen LogP contribution in [0.15, 0.2) is 0 Å². The van der Waals surface area contributed by atoms with Gasteiger partial charge in [-0.15, -0.1) is 0 Å². The van der Waals surface area contributed by atoms with Crippen LogP contribution in [-0.2, 0) is 0 Å². The Morgan fingerprint density at radius 3 is 2.62 bits per heavy atom. The van der Waals surface area contributed by atoms with Gasteiger partial charge in [0.15, 0.2) is 0 Å². The van der Waals surface area contributed by atoms with E-state index in [4.69, 9.17) is 5.11 Å². The summed E-state index contributed by atoms with van der Waals surface area (Å²) in [6, 6.07) is -0.444. The van der Waals surface area contributed by atoms with Gasteiger partial charge in [-0.25, -0.2) is 0 Å². The quantitative estimate of drug-likeness (QED) is 0.397. The number of nitro groups is 1. The van der Waals surface area contributed by atoms with Crippen LogP contribution in [-0.4, -0.2) is 22.7 Å². The second-order valence-electron chi connectivity index (χ2n) is 2.03. The molecule has 0 aromatic heterocycles. The zero-order valence-electron chi connectivity index (χ0n) is 4.28. The van der Waals surface area contributed by atoms with Crippen LogP contribution in [0, 0.1) is 16.0 Å². The van der Waals surface area contributed by atoms with Crippen LogP contribution in [0.5, 0.6) is 0 Å². The fourth-order valence-corrected chi connectivity index (χ4v) is 0.686. The summed E-state index contributed by atoms with van der Waals surface area (Å²) in [7, 11) is 0. The smallest absolute Gasteiger partial charge is 0.219 e. The molecule has 0 spiro atoms. The van der Waals surface area contributed by atoms with E-state index < -0.39 is 6.04 Å². The molecule has 1 N–H and O–H groups in total. The van der Waals surface area contributed by atoms with E-state index in [0.717, 1.165) is 0 Å². The standard InChI is InChI=1S/C4H7NO3/c6-2-3-1-4(3)5(7)8/h3-4,6H,1-2H2/t3-,4-/m0/s1. The highest BCUT2D eigenvalue weighted by Gasteiger charge is 2.47. The van der Waals surface area contributed by atoms with Gasteiger partial charge in [-0.2, -0.15) is 0 Å². The second kappa shape index (κ2) is 1.70. The molecule has 0 aliphatic heterocycles. The summed E-state index contributed by atoms with van der Waals surface area (Å²) in [5.41, 5.74) is 0. The molecule has 1 aliphatic carbocycles. The molecule has 0 aromatic carbocycles. The monoisotopic (exact) mass is 117 g/mol. The fraction of sp³-hybridized carbons (Fsp3) is 1.00. The molecule has 0 aromatic rings. The Morgan fingerprint density at radius 2 is 2.50 bits per heavy atom. The molecule has 46 valence electrons. The van der Waals surface area contributed by atoms with E-state index >= 15 is 0 Å². The first-order valence-corrected chi connectivity index (χ1v) is 2.50. The summed E-state index contributed by atoms with van der Waals surface area (Å²) < 4.78 is 0. The molecule has 1 aliphatic rings. The predicted octanol–water partition coefficient (Wildman–Crippen LogP) is -0.356. The van der Waals surface area contributed by atoms with Crippen LogP contribution in [0.1, 0.15) is 6.42 Å². The van der Waals surface area contributed by atoms with Gasteiger partial charge in [-0.1, -0.05) is 0 Å². The van der Waals surface area contributed by atoms with E-state index in [-0.39, 0.29) is 17.4 Å². The number of nitrogens with zero attached hydrogens (tertiary/aromatic N) is 1. The van der Waals surface area contributed by atoms with Crippen LogP contribution in [0.2, 0.25) is 0 Å². The zero-order chi connectivity index (χ0) is 6.15.